The first-order chi connectivity index (χ1) is 9.83. The maximum absolute atomic E-state index is 11.4. The molecule has 2 aromatic rings. The summed E-state index contributed by atoms with van der Waals surface area (Å²) in [4.78, 5) is 21.7. The van der Waals surface area contributed by atoms with Gasteiger partial charge in [-0.1, -0.05) is 6.07 Å². The lowest BCUT2D eigenvalue weighted by molar-refractivity contribution is 0.449. The molecule has 1 atom stereocenters. The van der Waals surface area contributed by atoms with Crippen molar-refractivity contribution in [1.29, 1.82) is 0 Å². The Kier molecular flexibility index (Phi) is 3.97. The fourth-order valence-electron chi connectivity index (χ4n) is 2.88. The van der Waals surface area contributed by atoms with Gasteiger partial charge in [0.25, 0.3) is 0 Å². The van der Waals surface area contributed by atoms with E-state index in [0.29, 0.717) is 6.04 Å². The van der Waals surface area contributed by atoms with Gasteiger partial charge >= 0.3 is 0 Å². The molecule has 0 aromatic carbocycles. The lowest BCUT2D eigenvalue weighted by Gasteiger charge is -2.26. The molecule has 106 valence electrons. The van der Waals surface area contributed by atoms with Crippen LogP contribution in [0.15, 0.2) is 29.3 Å². The molecular formula is C15H20N4O. The van der Waals surface area contributed by atoms with Crippen molar-refractivity contribution < 1.29 is 0 Å². The van der Waals surface area contributed by atoms with E-state index >= 15 is 0 Å². The Morgan fingerprint density at radius 2 is 2.35 bits per heavy atom. The third kappa shape index (κ3) is 2.99. The largest absolute Gasteiger partial charge is 0.349 e. The van der Waals surface area contributed by atoms with Gasteiger partial charge in [-0.15, -0.1) is 0 Å². The van der Waals surface area contributed by atoms with Crippen LogP contribution in [0.4, 0.5) is 0 Å². The number of hydrogen-bond donors (Lipinski definition) is 3. The number of aryl methyl sites for hydroxylation is 2. The SMILES string of the molecule is O=c1ccc2c([nH]1)CCCC2NCCCc1ncc[nH]1. The first-order valence-corrected chi connectivity index (χ1v) is 7.26. The van der Waals surface area contributed by atoms with Crippen LogP contribution in [-0.2, 0) is 12.8 Å². The van der Waals surface area contributed by atoms with Gasteiger partial charge in [-0.2, -0.15) is 0 Å². The number of nitrogens with one attached hydrogen (secondary N) is 3. The maximum Gasteiger partial charge on any atom is 0.248 e. The van der Waals surface area contributed by atoms with E-state index in [4.69, 9.17) is 0 Å². The van der Waals surface area contributed by atoms with Crippen molar-refractivity contribution in [3.63, 3.8) is 0 Å². The summed E-state index contributed by atoms with van der Waals surface area (Å²) < 4.78 is 0. The number of hydrogen-bond acceptors (Lipinski definition) is 3. The average molecular weight is 272 g/mol. The highest BCUT2D eigenvalue weighted by atomic mass is 16.1. The number of aromatic nitrogens is 3. The minimum Gasteiger partial charge on any atom is -0.349 e. The topological polar surface area (TPSA) is 73.6 Å². The summed E-state index contributed by atoms with van der Waals surface area (Å²) in [7, 11) is 0. The fraction of sp³-hybridized carbons (Fsp3) is 0.467. The normalized spacial score (nSPS) is 17.9. The number of imidazole rings is 1. The Balaban J connectivity index is 1.55. The molecule has 0 spiro atoms. The summed E-state index contributed by atoms with van der Waals surface area (Å²) in [6.07, 6.45) is 8.92. The molecule has 0 saturated carbocycles. The smallest absolute Gasteiger partial charge is 0.248 e. The van der Waals surface area contributed by atoms with Gasteiger partial charge < -0.3 is 15.3 Å². The molecule has 0 fully saturated rings. The summed E-state index contributed by atoms with van der Waals surface area (Å²) in [5.74, 6) is 1.04. The summed E-state index contributed by atoms with van der Waals surface area (Å²) in [5, 5.41) is 3.60. The lowest BCUT2D eigenvalue weighted by atomic mass is 9.91. The second kappa shape index (κ2) is 6.05. The fourth-order valence-corrected chi connectivity index (χ4v) is 2.88. The Morgan fingerprint density at radius 3 is 3.20 bits per heavy atom. The number of nitrogens with zero attached hydrogens (tertiary/aromatic N) is 1. The van der Waals surface area contributed by atoms with Gasteiger partial charge in [0.05, 0.1) is 0 Å². The molecule has 3 N–H and O–H groups in total. The van der Waals surface area contributed by atoms with Crippen molar-refractivity contribution in [3.8, 4) is 0 Å². The molecule has 2 aromatic heterocycles. The first kappa shape index (κ1) is 13.1. The maximum atomic E-state index is 11.4. The van der Waals surface area contributed by atoms with E-state index in [1.54, 1.807) is 12.3 Å². The minimum atomic E-state index is 0.00205. The number of aromatic amines is 2. The van der Waals surface area contributed by atoms with E-state index in [1.165, 1.54) is 5.56 Å². The quantitative estimate of drug-likeness (QED) is 0.725. The van der Waals surface area contributed by atoms with E-state index in [2.05, 4.69) is 20.3 Å². The average Bonchev–Trinajstić information content (AvgIpc) is 2.96. The van der Waals surface area contributed by atoms with Crippen molar-refractivity contribution in [2.45, 2.75) is 38.1 Å². The number of fused-ring (bicyclic) bond motifs is 1. The van der Waals surface area contributed by atoms with Crippen molar-refractivity contribution in [1.82, 2.24) is 20.3 Å². The van der Waals surface area contributed by atoms with E-state index in [1.807, 2.05) is 12.3 Å². The molecule has 0 amide bonds. The second-order valence-electron chi connectivity index (χ2n) is 5.29. The molecule has 0 radical (unpaired) electrons. The third-order valence-corrected chi connectivity index (χ3v) is 3.87. The monoisotopic (exact) mass is 272 g/mol. The zero-order valence-electron chi connectivity index (χ0n) is 11.5. The van der Waals surface area contributed by atoms with E-state index in [9.17, 15) is 4.79 Å². The summed E-state index contributed by atoms with van der Waals surface area (Å²) in [6, 6.07) is 3.96. The lowest BCUT2D eigenvalue weighted by Crippen LogP contribution is -2.28. The molecule has 1 aliphatic carbocycles. The van der Waals surface area contributed by atoms with Gasteiger partial charge in [-0.05, 0) is 37.8 Å². The molecule has 0 saturated heterocycles. The van der Waals surface area contributed by atoms with Crippen molar-refractivity contribution in [3.05, 3.63) is 52.0 Å². The van der Waals surface area contributed by atoms with Crippen molar-refractivity contribution in [2.24, 2.45) is 0 Å². The zero-order chi connectivity index (χ0) is 13.8. The number of pyridine rings is 1. The molecule has 20 heavy (non-hydrogen) atoms. The van der Waals surface area contributed by atoms with Crippen LogP contribution in [0.5, 0.6) is 0 Å². The van der Waals surface area contributed by atoms with E-state index in [-0.39, 0.29) is 5.56 Å². The molecule has 5 heteroatoms. The van der Waals surface area contributed by atoms with Gasteiger partial charge in [-0.25, -0.2) is 4.98 Å². The van der Waals surface area contributed by atoms with Crippen LogP contribution in [0.25, 0.3) is 0 Å². The summed E-state index contributed by atoms with van der Waals surface area (Å²) >= 11 is 0. The highest BCUT2D eigenvalue weighted by Gasteiger charge is 2.19. The molecular weight excluding hydrogens is 252 g/mol. The Morgan fingerprint density at radius 1 is 1.40 bits per heavy atom. The third-order valence-electron chi connectivity index (χ3n) is 3.87. The molecule has 0 aliphatic heterocycles. The molecule has 1 aliphatic rings. The zero-order valence-corrected chi connectivity index (χ0v) is 11.5. The van der Waals surface area contributed by atoms with Crippen LogP contribution in [0.2, 0.25) is 0 Å². The second-order valence-corrected chi connectivity index (χ2v) is 5.29. The molecule has 1 unspecified atom stereocenters. The highest BCUT2D eigenvalue weighted by molar-refractivity contribution is 5.26. The standard InChI is InChI=1S/C15H20N4O/c20-15-7-6-11-12(3-1-4-13(11)19-15)16-8-2-5-14-17-9-10-18-14/h6-7,9-10,12,16H,1-5,8H2,(H,17,18)(H,19,20). The summed E-state index contributed by atoms with van der Waals surface area (Å²) in [5.41, 5.74) is 2.36. The Hall–Kier alpha value is -1.88. The molecule has 2 heterocycles. The summed E-state index contributed by atoms with van der Waals surface area (Å²) in [6.45, 7) is 0.962. The van der Waals surface area contributed by atoms with E-state index in [0.717, 1.165) is 50.2 Å². The number of rotatable bonds is 5. The Bertz CT molecular complexity index is 603. The van der Waals surface area contributed by atoms with Crippen LogP contribution < -0.4 is 10.9 Å². The first-order valence-electron chi connectivity index (χ1n) is 7.26. The minimum absolute atomic E-state index is 0.00205. The molecule has 5 nitrogen and oxygen atoms in total. The number of H-pyrrole nitrogens is 2. The predicted molar refractivity (Wildman–Crippen MR) is 77.7 cm³/mol. The molecule has 3 rings (SSSR count). The van der Waals surface area contributed by atoms with Gasteiger partial charge in [0.15, 0.2) is 0 Å². The van der Waals surface area contributed by atoms with Crippen LogP contribution in [0.3, 0.4) is 0 Å². The van der Waals surface area contributed by atoms with E-state index < -0.39 is 0 Å². The van der Waals surface area contributed by atoms with Crippen LogP contribution >= 0.6 is 0 Å². The van der Waals surface area contributed by atoms with Crippen LogP contribution in [0.1, 0.15) is 42.4 Å². The Labute approximate surface area is 117 Å². The van der Waals surface area contributed by atoms with Crippen LogP contribution in [-0.4, -0.2) is 21.5 Å². The predicted octanol–water partition coefficient (Wildman–Crippen LogP) is 1.70. The highest BCUT2D eigenvalue weighted by Crippen LogP contribution is 2.27. The van der Waals surface area contributed by atoms with Gasteiger partial charge in [0.1, 0.15) is 5.82 Å². The van der Waals surface area contributed by atoms with Gasteiger partial charge in [-0.3, -0.25) is 4.79 Å². The van der Waals surface area contributed by atoms with Crippen molar-refractivity contribution in [2.75, 3.05) is 6.54 Å². The van der Waals surface area contributed by atoms with Gasteiger partial charge in [0.2, 0.25) is 5.56 Å². The van der Waals surface area contributed by atoms with Crippen molar-refractivity contribution >= 4 is 0 Å². The van der Waals surface area contributed by atoms with Crippen LogP contribution in [0, 0.1) is 0 Å². The molecule has 0 bridgehead atoms. The van der Waals surface area contributed by atoms with Gasteiger partial charge in [0, 0.05) is 36.6 Å².